The van der Waals surface area contributed by atoms with Crippen molar-refractivity contribution in [3.05, 3.63) is 62.8 Å². The third-order valence-electron chi connectivity index (χ3n) is 2.65. The van der Waals surface area contributed by atoms with E-state index in [2.05, 4.69) is 37.2 Å². The van der Waals surface area contributed by atoms with E-state index in [1.165, 1.54) is 12.1 Å². The summed E-state index contributed by atoms with van der Waals surface area (Å²) >= 11 is 6.85. The summed E-state index contributed by atoms with van der Waals surface area (Å²) in [6.07, 6.45) is 0. The monoisotopic (exact) mass is 371 g/mol. The zero-order valence-corrected chi connectivity index (χ0v) is 12.9. The lowest BCUT2D eigenvalue weighted by molar-refractivity contribution is 0.627. The van der Waals surface area contributed by atoms with Crippen molar-refractivity contribution in [2.24, 2.45) is 0 Å². The maximum absolute atomic E-state index is 13.2. The van der Waals surface area contributed by atoms with E-state index in [1.54, 1.807) is 6.07 Å². The molecule has 1 nitrogen and oxygen atoms in total. The van der Waals surface area contributed by atoms with Gasteiger partial charge in [0.25, 0.3) is 0 Å². The van der Waals surface area contributed by atoms with E-state index >= 15 is 0 Å². The summed E-state index contributed by atoms with van der Waals surface area (Å²) in [5.74, 6) is -0.248. The van der Waals surface area contributed by atoms with Crippen molar-refractivity contribution < 1.29 is 4.39 Å². The summed E-state index contributed by atoms with van der Waals surface area (Å²) in [6, 6.07) is 12.8. The van der Waals surface area contributed by atoms with Crippen LogP contribution in [0.15, 0.2) is 51.4 Å². The highest BCUT2D eigenvalue weighted by molar-refractivity contribution is 9.10. The first kappa shape index (κ1) is 13.6. The molecule has 94 valence electrons. The van der Waals surface area contributed by atoms with Crippen LogP contribution in [0.25, 0.3) is 0 Å². The second-order valence-electron chi connectivity index (χ2n) is 4.05. The van der Waals surface area contributed by atoms with Crippen LogP contribution in [-0.2, 0) is 0 Å². The summed E-state index contributed by atoms with van der Waals surface area (Å²) in [6.45, 7) is 2.04. The van der Waals surface area contributed by atoms with Gasteiger partial charge >= 0.3 is 0 Å². The highest BCUT2D eigenvalue weighted by atomic mass is 79.9. The number of anilines is 1. The second-order valence-corrected chi connectivity index (χ2v) is 5.82. The van der Waals surface area contributed by atoms with E-state index in [1.807, 2.05) is 31.2 Å². The minimum atomic E-state index is -0.248. The first-order valence-electron chi connectivity index (χ1n) is 5.53. The Bertz CT molecular complexity index is 557. The van der Waals surface area contributed by atoms with E-state index in [4.69, 9.17) is 0 Å². The molecular weight excluding hydrogens is 361 g/mol. The largest absolute Gasteiger partial charge is 0.378 e. The van der Waals surface area contributed by atoms with E-state index in [0.717, 1.165) is 20.2 Å². The lowest BCUT2D eigenvalue weighted by atomic mass is 10.1. The molecule has 1 unspecified atom stereocenters. The van der Waals surface area contributed by atoms with Crippen LogP contribution in [0.5, 0.6) is 0 Å². The maximum Gasteiger partial charge on any atom is 0.125 e. The van der Waals surface area contributed by atoms with Crippen LogP contribution in [0.3, 0.4) is 0 Å². The number of benzene rings is 2. The molecule has 0 saturated heterocycles. The van der Waals surface area contributed by atoms with Gasteiger partial charge in [-0.2, -0.15) is 0 Å². The Kier molecular flexibility index (Phi) is 4.40. The average Bonchev–Trinajstić information content (AvgIpc) is 2.34. The highest BCUT2D eigenvalue weighted by Crippen LogP contribution is 2.28. The lowest BCUT2D eigenvalue weighted by Gasteiger charge is -2.17. The van der Waals surface area contributed by atoms with Crippen molar-refractivity contribution >= 4 is 37.5 Å². The van der Waals surface area contributed by atoms with Gasteiger partial charge in [0, 0.05) is 15.0 Å². The van der Waals surface area contributed by atoms with Crippen LogP contribution >= 0.6 is 31.9 Å². The molecular formula is C14H12Br2FN. The van der Waals surface area contributed by atoms with Gasteiger partial charge in [0.2, 0.25) is 0 Å². The number of halogens is 3. The highest BCUT2D eigenvalue weighted by Gasteiger charge is 2.08. The fourth-order valence-corrected chi connectivity index (χ4v) is 2.48. The van der Waals surface area contributed by atoms with Crippen molar-refractivity contribution in [3.8, 4) is 0 Å². The van der Waals surface area contributed by atoms with E-state index in [9.17, 15) is 4.39 Å². The van der Waals surface area contributed by atoms with Crippen LogP contribution in [0.2, 0.25) is 0 Å². The van der Waals surface area contributed by atoms with E-state index in [0.29, 0.717) is 0 Å². The molecule has 0 saturated carbocycles. The van der Waals surface area contributed by atoms with Gasteiger partial charge in [-0.3, -0.25) is 0 Å². The Morgan fingerprint density at radius 1 is 1.11 bits per heavy atom. The molecule has 0 heterocycles. The van der Waals surface area contributed by atoms with Crippen LogP contribution in [0.1, 0.15) is 18.5 Å². The second kappa shape index (κ2) is 5.85. The molecule has 1 N–H and O–H groups in total. The molecule has 18 heavy (non-hydrogen) atoms. The third-order valence-corrected chi connectivity index (χ3v) is 3.83. The maximum atomic E-state index is 13.2. The fourth-order valence-electron chi connectivity index (χ4n) is 1.70. The summed E-state index contributed by atoms with van der Waals surface area (Å²) in [7, 11) is 0. The Morgan fingerprint density at radius 3 is 2.61 bits per heavy atom. The van der Waals surface area contributed by atoms with E-state index < -0.39 is 0 Å². The zero-order chi connectivity index (χ0) is 13.1. The van der Waals surface area contributed by atoms with Crippen LogP contribution in [0, 0.1) is 5.82 Å². The van der Waals surface area contributed by atoms with Crippen molar-refractivity contribution in [2.75, 3.05) is 5.32 Å². The standard InChI is InChI=1S/C14H12Br2FN/c1-9(10-3-2-4-11(15)7-10)18-14-8-12(17)5-6-13(14)16/h2-9,18H,1H3. The number of hydrogen-bond donors (Lipinski definition) is 1. The van der Waals surface area contributed by atoms with Crippen LogP contribution in [0.4, 0.5) is 10.1 Å². The average molecular weight is 373 g/mol. The molecule has 0 radical (unpaired) electrons. The molecule has 1 atom stereocenters. The molecule has 0 spiro atoms. The van der Waals surface area contributed by atoms with Crippen molar-refractivity contribution in [1.29, 1.82) is 0 Å². The van der Waals surface area contributed by atoms with Gasteiger partial charge in [0.15, 0.2) is 0 Å². The Hall–Kier alpha value is -0.870. The predicted octanol–water partition coefficient (Wildman–Crippen LogP) is 5.52. The quantitative estimate of drug-likeness (QED) is 0.747. The first-order chi connectivity index (χ1) is 8.56. The Balaban J connectivity index is 2.21. The molecule has 0 amide bonds. The molecule has 0 aromatic heterocycles. The third kappa shape index (κ3) is 3.33. The van der Waals surface area contributed by atoms with Gasteiger partial charge in [-0.25, -0.2) is 4.39 Å². The number of hydrogen-bond acceptors (Lipinski definition) is 1. The smallest absolute Gasteiger partial charge is 0.125 e. The summed E-state index contributed by atoms with van der Waals surface area (Å²) in [5, 5.41) is 3.29. The first-order valence-corrected chi connectivity index (χ1v) is 7.12. The minimum Gasteiger partial charge on any atom is -0.378 e. The summed E-state index contributed by atoms with van der Waals surface area (Å²) in [5.41, 5.74) is 1.89. The molecule has 0 fully saturated rings. The topological polar surface area (TPSA) is 12.0 Å². The molecule has 0 bridgehead atoms. The van der Waals surface area contributed by atoms with Gasteiger partial charge in [-0.15, -0.1) is 0 Å². The van der Waals surface area contributed by atoms with Crippen LogP contribution < -0.4 is 5.32 Å². The Morgan fingerprint density at radius 2 is 1.89 bits per heavy atom. The summed E-state index contributed by atoms with van der Waals surface area (Å²) < 4.78 is 15.1. The fraction of sp³-hybridized carbons (Fsp3) is 0.143. The minimum absolute atomic E-state index is 0.0978. The summed E-state index contributed by atoms with van der Waals surface area (Å²) in [4.78, 5) is 0. The molecule has 0 aliphatic heterocycles. The molecule has 0 aliphatic rings. The molecule has 2 aromatic rings. The predicted molar refractivity (Wildman–Crippen MR) is 80.3 cm³/mol. The van der Waals surface area contributed by atoms with Gasteiger partial charge in [0.1, 0.15) is 5.82 Å². The Labute approximate surface area is 123 Å². The van der Waals surface area contributed by atoms with Gasteiger partial charge in [-0.05, 0) is 58.7 Å². The number of nitrogens with one attached hydrogen (secondary N) is 1. The van der Waals surface area contributed by atoms with Crippen LogP contribution in [-0.4, -0.2) is 0 Å². The molecule has 2 aromatic carbocycles. The SMILES string of the molecule is CC(Nc1cc(F)ccc1Br)c1cccc(Br)c1. The van der Waals surface area contributed by atoms with Gasteiger partial charge in [-0.1, -0.05) is 28.1 Å². The van der Waals surface area contributed by atoms with Gasteiger partial charge < -0.3 is 5.32 Å². The molecule has 2 rings (SSSR count). The van der Waals surface area contributed by atoms with Crippen molar-refractivity contribution in [3.63, 3.8) is 0 Å². The molecule has 4 heteroatoms. The number of rotatable bonds is 3. The lowest BCUT2D eigenvalue weighted by Crippen LogP contribution is -2.07. The molecule has 0 aliphatic carbocycles. The van der Waals surface area contributed by atoms with Crippen molar-refractivity contribution in [1.82, 2.24) is 0 Å². The zero-order valence-electron chi connectivity index (χ0n) is 9.75. The normalized spacial score (nSPS) is 12.2. The van der Waals surface area contributed by atoms with E-state index in [-0.39, 0.29) is 11.9 Å². The van der Waals surface area contributed by atoms with Gasteiger partial charge in [0.05, 0.1) is 5.69 Å². The van der Waals surface area contributed by atoms with Crippen molar-refractivity contribution in [2.45, 2.75) is 13.0 Å².